The fraction of sp³-hybridized carbons (Fsp3) is 0.360. The molecule has 33 heavy (non-hydrogen) atoms. The van der Waals surface area contributed by atoms with Crippen LogP contribution in [-0.2, 0) is 17.8 Å². The van der Waals surface area contributed by atoms with Gasteiger partial charge in [-0.2, -0.15) is 0 Å². The van der Waals surface area contributed by atoms with Crippen molar-refractivity contribution < 1.29 is 23.4 Å². The molecule has 172 valence electrons. The number of benzene rings is 2. The first-order valence-electron chi connectivity index (χ1n) is 11.2. The van der Waals surface area contributed by atoms with Gasteiger partial charge in [-0.3, -0.25) is 9.69 Å². The average Bonchev–Trinajstić information content (AvgIpc) is 3.52. The average molecular weight is 450 g/mol. The van der Waals surface area contributed by atoms with E-state index in [9.17, 15) is 4.79 Å². The van der Waals surface area contributed by atoms with Crippen LogP contribution in [0.4, 0.5) is 0 Å². The third kappa shape index (κ3) is 4.96. The summed E-state index contributed by atoms with van der Waals surface area (Å²) in [5.41, 5.74) is 2.09. The Labute approximate surface area is 192 Å². The zero-order valence-electron chi connectivity index (χ0n) is 18.7. The summed E-state index contributed by atoms with van der Waals surface area (Å²) < 4.78 is 22.0. The van der Waals surface area contributed by atoms with Crippen molar-refractivity contribution in [3.05, 3.63) is 60.1 Å². The number of hydrogen-bond acceptors (Lipinski definition) is 7. The van der Waals surface area contributed by atoms with Gasteiger partial charge in [0, 0.05) is 51.1 Å². The second kappa shape index (κ2) is 9.54. The quantitative estimate of drug-likeness (QED) is 0.547. The lowest BCUT2D eigenvalue weighted by atomic mass is 10.1. The Hall–Kier alpha value is -3.52. The standard InChI is InChI=1S/C25H27N3O5/c1-30-20-4-2-3-19(14-20)23-15-26-24(33-23)7-8-25(29)28-11-9-27(10-12-28)16-18-5-6-21-22(13-18)32-17-31-21/h2-6,13-15H,7-12,16-17H2,1H3. The summed E-state index contributed by atoms with van der Waals surface area (Å²) in [6.07, 6.45) is 2.57. The summed E-state index contributed by atoms with van der Waals surface area (Å²) in [6.45, 7) is 4.27. The van der Waals surface area contributed by atoms with Gasteiger partial charge in [0.2, 0.25) is 12.7 Å². The van der Waals surface area contributed by atoms with Crippen LogP contribution >= 0.6 is 0 Å². The Morgan fingerprint density at radius 3 is 2.76 bits per heavy atom. The highest BCUT2D eigenvalue weighted by molar-refractivity contribution is 5.76. The normalized spacial score (nSPS) is 15.6. The van der Waals surface area contributed by atoms with Gasteiger partial charge in [0.15, 0.2) is 23.1 Å². The molecule has 2 aliphatic rings. The van der Waals surface area contributed by atoms with E-state index in [4.69, 9.17) is 18.6 Å². The van der Waals surface area contributed by atoms with Crippen molar-refractivity contribution in [3.8, 4) is 28.6 Å². The largest absolute Gasteiger partial charge is 0.497 e. The smallest absolute Gasteiger partial charge is 0.231 e. The molecule has 1 fully saturated rings. The van der Waals surface area contributed by atoms with E-state index in [1.807, 2.05) is 41.3 Å². The SMILES string of the molecule is COc1cccc(-c2cnc(CCC(=O)N3CCN(Cc4ccc5c(c4)OCO5)CC3)o2)c1. The van der Waals surface area contributed by atoms with E-state index in [0.717, 1.165) is 55.5 Å². The summed E-state index contributed by atoms with van der Waals surface area (Å²) in [5.74, 6) is 3.76. The molecule has 0 spiro atoms. The summed E-state index contributed by atoms with van der Waals surface area (Å²) >= 11 is 0. The van der Waals surface area contributed by atoms with Crippen molar-refractivity contribution in [1.29, 1.82) is 0 Å². The highest BCUT2D eigenvalue weighted by atomic mass is 16.7. The molecule has 0 bridgehead atoms. The Morgan fingerprint density at radius 1 is 1.06 bits per heavy atom. The summed E-state index contributed by atoms with van der Waals surface area (Å²) in [6, 6.07) is 13.7. The van der Waals surface area contributed by atoms with Gasteiger partial charge in [-0.15, -0.1) is 0 Å². The minimum atomic E-state index is 0.138. The second-order valence-corrected chi connectivity index (χ2v) is 8.19. The third-order valence-electron chi connectivity index (χ3n) is 6.03. The van der Waals surface area contributed by atoms with Gasteiger partial charge in [-0.05, 0) is 29.8 Å². The minimum absolute atomic E-state index is 0.138. The molecule has 0 unspecified atom stereocenters. The van der Waals surface area contributed by atoms with E-state index in [2.05, 4.69) is 16.0 Å². The van der Waals surface area contributed by atoms with E-state index in [0.29, 0.717) is 24.5 Å². The van der Waals surface area contributed by atoms with Gasteiger partial charge in [0.1, 0.15) is 5.75 Å². The Bertz CT molecular complexity index is 1120. The molecule has 1 saturated heterocycles. The molecule has 0 radical (unpaired) electrons. The minimum Gasteiger partial charge on any atom is -0.497 e. The maximum absolute atomic E-state index is 12.7. The molecule has 0 saturated carbocycles. The lowest BCUT2D eigenvalue weighted by molar-refractivity contribution is -0.133. The molecule has 1 amide bonds. The first-order chi connectivity index (χ1) is 16.2. The molecule has 2 aliphatic heterocycles. The van der Waals surface area contributed by atoms with Crippen molar-refractivity contribution in [2.24, 2.45) is 0 Å². The zero-order chi connectivity index (χ0) is 22.6. The van der Waals surface area contributed by atoms with Crippen LogP contribution in [0.25, 0.3) is 11.3 Å². The Balaban J connectivity index is 1.09. The number of methoxy groups -OCH3 is 1. The van der Waals surface area contributed by atoms with Gasteiger partial charge in [0.25, 0.3) is 0 Å². The molecular weight excluding hydrogens is 422 g/mol. The number of oxazole rings is 1. The van der Waals surface area contributed by atoms with Crippen LogP contribution in [0.1, 0.15) is 17.9 Å². The maximum Gasteiger partial charge on any atom is 0.231 e. The monoisotopic (exact) mass is 449 g/mol. The number of ether oxygens (including phenoxy) is 3. The third-order valence-corrected chi connectivity index (χ3v) is 6.03. The first-order valence-corrected chi connectivity index (χ1v) is 11.2. The van der Waals surface area contributed by atoms with Crippen LogP contribution in [-0.4, -0.2) is 60.8 Å². The number of carbonyl (C=O) groups excluding carboxylic acids is 1. The first kappa shape index (κ1) is 21.3. The molecule has 3 heterocycles. The highest BCUT2D eigenvalue weighted by Gasteiger charge is 2.22. The predicted octanol–water partition coefficient (Wildman–Crippen LogP) is 3.36. The van der Waals surface area contributed by atoms with Gasteiger partial charge < -0.3 is 23.5 Å². The molecule has 0 aliphatic carbocycles. The van der Waals surface area contributed by atoms with Crippen molar-refractivity contribution in [2.75, 3.05) is 40.1 Å². The fourth-order valence-corrected chi connectivity index (χ4v) is 4.16. The van der Waals surface area contributed by atoms with Gasteiger partial charge in [-0.25, -0.2) is 4.98 Å². The fourth-order valence-electron chi connectivity index (χ4n) is 4.16. The molecule has 8 nitrogen and oxygen atoms in total. The van der Waals surface area contributed by atoms with Crippen LogP contribution in [0.5, 0.6) is 17.2 Å². The summed E-state index contributed by atoms with van der Waals surface area (Å²) in [5, 5.41) is 0. The molecular formula is C25H27N3O5. The number of amides is 1. The van der Waals surface area contributed by atoms with Crippen LogP contribution in [0.2, 0.25) is 0 Å². The molecule has 1 aromatic heterocycles. The van der Waals surface area contributed by atoms with E-state index in [-0.39, 0.29) is 12.7 Å². The number of aromatic nitrogens is 1. The molecule has 3 aromatic rings. The lowest BCUT2D eigenvalue weighted by Crippen LogP contribution is -2.48. The maximum atomic E-state index is 12.7. The molecule has 2 aromatic carbocycles. The molecule has 5 rings (SSSR count). The Morgan fingerprint density at radius 2 is 1.91 bits per heavy atom. The van der Waals surface area contributed by atoms with Crippen molar-refractivity contribution in [3.63, 3.8) is 0 Å². The second-order valence-electron chi connectivity index (χ2n) is 8.19. The van der Waals surface area contributed by atoms with Gasteiger partial charge >= 0.3 is 0 Å². The van der Waals surface area contributed by atoms with Crippen LogP contribution < -0.4 is 14.2 Å². The number of fused-ring (bicyclic) bond motifs is 1. The van der Waals surface area contributed by atoms with E-state index < -0.39 is 0 Å². The van der Waals surface area contributed by atoms with Gasteiger partial charge in [0.05, 0.1) is 13.3 Å². The Kier molecular flexibility index (Phi) is 6.17. The van der Waals surface area contributed by atoms with Crippen LogP contribution in [0.15, 0.2) is 53.1 Å². The van der Waals surface area contributed by atoms with Crippen molar-refractivity contribution >= 4 is 5.91 Å². The molecule has 0 N–H and O–H groups in total. The number of piperazine rings is 1. The number of nitrogens with zero attached hydrogens (tertiary/aromatic N) is 3. The van der Waals surface area contributed by atoms with Crippen LogP contribution in [0, 0.1) is 0 Å². The summed E-state index contributed by atoms with van der Waals surface area (Å²) in [7, 11) is 1.63. The van der Waals surface area contributed by atoms with Crippen LogP contribution in [0.3, 0.4) is 0 Å². The number of carbonyl (C=O) groups is 1. The van der Waals surface area contributed by atoms with Crippen molar-refractivity contribution in [2.45, 2.75) is 19.4 Å². The van der Waals surface area contributed by atoms with Crippen molar-refractivity contribution in [1.82, 2.24) is 14.8 Å². The molecule has 8 heteroatoms. The number of aryl methyl sites for hydroxylation is 1. The van der Waals surface area contributed by atoms with Gasteiger partial charge in [-0.1, -0.05) is 18.2 Å². The topological polar surface area (TPSA) is 77.3 Å². The van der Waals surface area contributed by atoms with E-state index >= 15 is 0 Å². The summed E-state index contributed by atoms with van der Waals surface area (Å²) in [4.78, 5) is 21.3. The van der Waals surface area contributed by atoms with E-state index in [1.165, 1.54) is 5.56 Å². The van der Waals surface area contributed by atoms with E-state index in [1.54, 1.807) is 13.3 Å². The highest BCUT2D eigenvalue weighted by Crippen LogP contribution is 2.33. The number of hydrogen-bond donors (Lipinski definition) is 0. The zero-order valence-corrected chi connectivity index (χ0v) is 18.7. The predicted molar refractivity (Wildman–Crippen MR) is 121 cm³/mol. The number of rotatable bonds is 7. The lowest BCUT2D eigenvalue weighted by Gasteiger charge is -2.34. The molecule has 0 atom stereocenters.